The molecule has 0 unspecified atom stereocenters. The number of aromatic nitrogens is 2. The van der Waals surface area contributed by atoms with Gasteiger partial charge in [-0.3, -0.25) is 0 Å². The number of hydrogen-bond acceptors (Lipinski definition) is 4. The molecule has 0 atom stereocenters. The van der Waals surface area contributed by atoms with Crippen LogP contribution in [0.2, 0.25) is 0 Å². The smallest absolute Gasteiger partial charge is 0.227 e. The van der Waals surface area contributed by atoms with Crippen molar-refractivity contribution in [1.82, 2.24) is 9.97 Å². The molecule has 1 aromatic heterocycles. The van der Waals surface area contributed by atoms with Crippen molar-refractivity contribution < 1.29 is 0 Å². The van der Waals surface area contributed by atoms with Gasteiger partial charge in [0.25, 0.3) is 0 Å². The van der Waals surface area contributed by atoms with Crippen LogP contribution >= 0.6 is 0 Å². The molecule has 3 N–H and O–H groups in total. The molecule has 1 aromatic carbocycles. The second-order valence-electron chi connectivity index (χ2n) is 5.26. The van der Waals surface area contributed by atoms with Gasteiger partial charge in [-0.1, -0.05) is 39.0 Å². The van der Waals surface area contributed by atoms with Gasteiger partial charge < -0.3 is 11.1 Å². The second kappa shape index (κ2) is 4.64. The van der Waals surface area contributed by atoms with Crippen molar-refractivity contribution in [3.8, 4) is 0 Å². The van der Waals surface area contributed by atoms with Crippen molar-refractivity contribution >= 4 is 17.3 Å². The van der Waals surface area contributed by atoms with E-state index >= 15 is 0 Å². The Labute approximate surface area is 107 Å². The maximum absolute atomic E-state index is 5.57. The third-order valence-electron chi connectivity index (χ3n) is 2.65. The van der Waals surface area contributed by atoms with E-state index in [0.29, 0.717) is 11.6 Å². The zero-order valence-corrected chi connectivity index (χ0v) is 10.9. The van der Waals surface area contributed by atoms with E-state index < -0.39 is 0 Å². The van der Waals surface area contributed by atoms with Crippen LogP contribution in [-0.2, 0) is 5.41 Å². The number of nitrogens with one attached hydrogen (secondary N) is 1. The van der Waals surface area contributed by atoms with Gasteiger partial charge >= 0.3 is 0 Å². The maximum Gasteiger partial charge on any atom is 0.227 e. The van der Waals surface area contributed by atoms with E-state index in [9.17, 15) is 0 Å². The third kappa shape index (κ3) is 2.77. The first-order valence-electron chi connectivity index (χ1n) is 5.91. The van der Waals surface area contributed by atoms with E-state index in [-0.39, 0.29) is 5.41 Å². The molecular weight excluding hydrogens is 224 g/mol. The molecule has 0 radical (unpaired) electrons. The first-order chi connectivity index (χ1) is 8.47. The summed E-state index contributed by atoms with van der Waals surface area (Å²) >= 11 is 0. The maximum atomic E-state index is 5.57. The van der Waals surface area contributed by atoms with Gasteiger partial charge in [0.15, 0.2) is 0 Å². The molecule has 4 heteroatoms. The SMILES string of the molecule is CC(C)(C)c1ccccc1Nc1ncc(N)cn1. The van der Waals surface area contributed by atoms with Gasteiger partial charge in [-0.2, -0.15) is 0 Å². The minimum absolute atomic E-state index is 0.0669. The normalized spacial score (nSPS) is 11.3. The Balaban J connectivity index is 2.32. The van der Waals surface area contributed by atoms with Gasteiger partial charge in [0.2, 0.25) is 5.95 Å². The van der Waals surface area contributed by atoms with Gasteiger partial charge in [0, 0.05) is 5.69 Å². The summed E-state index contributed by atoms with van der Waals surface area (Å²) < 4.78 is 0. The van der Waals surface area contributed by atoms with Crippen molar-refractivity contribution in [3.05, 3.63) is 42.2 Å². The van der Waals surface area contributed by atoms with Crippen molar-refractivity contribution in [2.45, 2.75) is 26.2 Å². The highest BCUT2D eigenvalue weighted by Gasteiger charge is 2.17. The van der Waals surface area contributed by atoms with Crippen molar-refractivity contribution in [2.24, 2.45) is 0 Å². The molecule has 0 amide bonds. The van der Waals surface area contributed by atoms with E-state index in [4.69, 9.17) is 5.73 Å². The van der Waals surface area contributed by atoms with Crippen LogP contribution in [0.1, 0.15) is 26.3 Å². The Morgan fingerprint density at radius 2 is 1.67 bits per heavy atom. The van der Waals surface area contributed by atoms with Crippen LogP contribution in [0.5, 0.6) is 0 Å². The number of nitrogen functional groups attached to an aromatic ring is 1. The van der Waals surface area contributed by atoms with Gasteiger partial charge in [-0.15, -0.1) is 0 Å². The fourth-order valence-electron chi connectivity index (χ4n) is 1.77. The lowest BCUT2D eigenvalue weighted by atomic mass is 9.86. The number of anilines is 3. The van der Waals surface area contributed by atoms with Crippen LogP contribution in [0, 0.1) is 0 Å². The topological polar surface area (TPSA) is 63.8 Å². The molecule has 0 aliphatic carbocycles. The molecule has 94 valence electrons. The summed E-state index contributed by atoms with van der Waals surface area (Å²) in [5, 5.41) is 3.23. The summed E-state index contributed by atoms with van der Waals surface area (Å²) in [5.41, 5.74) is 8.44. The Morgan fingerprint density at radius 1 is 1.06 bits per heavy atom. The lowest BCUT2D eigenvalue weighted by Crippen LogP contribution is -2.14. The molecular formula is C14H18N4. The average Bonchev–Trinajstić information content (AvgIpc) is 2.31. The van der Waals surface area contributed by atoms with E-state index in [0.717, 1.165) is 5.69 Å². The van der Waals surface area contributed by atoms with Crippen LogP contribution in [0.4, 0.5) is 17.3 Å². The zero-order valence-electron chi connectivity index (χ0n) is 10.9. The molecule has 1 heterocycles. The van der Waals surface area contributed by atoms with Crippen LogP contribution in [0.15, 0.2) is 36.7 Å². The van der Waals surface area contributed by atoms with Crippen LogP contribution in [0.25, 0.3) is 0 Å². The number of para-hydroxylation sites is 1. The molecule has 0 bridgehead atoms. The Kier molecular flexibility index (Phi) is 3.19. The molecule has 0 aliphatic heterocycles. The standard InChI is InChI=1S/C14H18N4/c1-14(2,3)11-6-4-5-7-12(11)18-13-16-8-10(15)9-17-13/h4-9H,15H2,1-3H3,(H,16,17,18). The number of nitrogens with two attached hydrogens (primary N) is 1. The quantitative estimate of drug-likeness (QED) is 0.849. The lowest BCUT2D eigenvalue weighted by molar-refractivity contribution is 0.592. The van der Waals surface area contributed by atoms with Crippen molar-refractivity contribution in [2.75, 3.05) is 11.1 Å². The van der Waals surface area contributed by atoms with Crippen LogP contribution in [0.3, 0.4) is 0 Å². The summed E-state index contributed by atoms with van der Waals surface area (Å²) in [5.74, 6) is 0.556. The predicted molar refractivity (Wildman–Crippen MR) is 74.9 cm³/mol. The van der Waals surface area contributed by atoms with Gasteiger partial charge in [-0.25, -0.2) is 9.97 Å². The molecule has 0 saturated carbocycles. The second-order valence-corrected chi connectivity index (χ2v) is 5.26. The summed E-state index contributed by atoms with van der Waals surface area (Å²) in [6.07, 6.45) is 3.18. The minimum Gasteiger partial charge on any atom is -0.396 e. The lowest BCUT2D eigenvalue weighted by Gasteiger charge is -2.22. The first-order valence-corrected chi connectivity index (χ1v) is 5.91. The van der Waals surface area contributed by atoms with Crippen LogP contribution < -0.4 is 11.1 Å². The largest absolute Gasteiger partial charge is 0.396 e. The van der Waals surface area contributed by atoms with Crippen molar-refractivity contribution in [1.29, 1.82) is 0 Å². The fraction of sp³-hybridized carbons (Fsp3) is 0.286. The highest BCUT2D eigenvalue weighted by atomic mass is 15.1. The molecule has 2 rings (SSSR count). The molecule has 0 spiro atoms. The third-order valence-corrected chi connectivity index (χ3v) is 2.65. The summed E-state index contributed by atoms with van der Waals surface area (Å²) in [6.45, 7) is 6.53. The van der Waals surface area contributed by atoms with Crippen molar-refractivity contribution in [3.63, 3.8) is 0 Å². The Morgan fingerprint density at radius 3 is 2.28 bits per heavy atom. The highest BCUT2D eigenvalue weighted by Crippen LogP contribution is 2.30. The molecule has 18 heavy (non-hydrogen) atoms. The predicted octanol–water partition coefficient (Wildman–Crippen LogP) is 3.10. The molecule has 0 fully saturated rings. The average molecular weight is 242 g/mol. The molecule has 0 saturated heterocycles. The molecule has 0 aliphatic rings. The minimum atomic E-state index is 0.0669. The van der Waals surface area contributed by atoms with E-state index in [1.54, 1.807) is 12.4 Å². The number of benzene rings is 1. The van der Waals surface area contributed by atoms with Gasteiger partial charge in [0.1, 0.15) is 0 Å². The van der Waals surface area contributed by atoms with E-state index in [1.165, 1.54) is 5.56 Å². The summed E-state index contributed by atoms with van der Waals surface area (Å²) in [4.78, 5) is 8.30. The summed E-state index contributed by atoms with van der Waals surface area (Å²) in [7, 11) is 0. The van der Waals surface area contributed by atoms with Gasteiger partial charge in [-0.05, 0) is 17.0 Å². The zero-order chi connectivity index (χ0) is 13.2. The highest BCUT2D eigenvalue weighted by molar-refractivity contribution is 5.60. The number of nitrogens with zero attached hydrogens (tertiary/aromatic N) is 2. The van der Waals surface area contributed by atoms with E-state index in [2.05, 4.69) is 42.1 Å². The molecule has 4 nitrogen and oxygen atoms in total. The number of rotatable bonds is 2. The Bertz CT molecular complexity index is 526. The fourth-order valence-corrected chi connectivity index (χ4v) is 1.77. The van der Waals surface area contributed by atoms with E-state index in [1.807, 2.05) is 18.2 Å². The first kappa shape index (κ1) is 12.4. The van der Waals surface area contributed by atoms with Gasteiger partial charge in [0.05, 0.1) is 18.1 Å². The summed E-state index contributed by atoms with van der Waals surface area (Å²) in [6, 6.07) is 8.17. The number of hydrogen-bond donors (Lipinski definition) is 2. The molecule has 2 aromatic rings. The monoisotopic (exact) mass is 242 g/mol. The Hall–Kier alpha value is -2.10. The van der Waals surface area contributed by atoms with Crippen LogP contribution in [-0.4, -0.2) is 9.97 Å².